The quantitative estimate of drug-likeness (QED) is 0.201. The molecular weight excluding hydrogens is 472 g/mol. The summed E-state index contributed by atoms with van der Waals surface area (Å²) < 4.78 is 11.4. The Kier molecular flexibility index (Phi) is 7.79. The number of benzene rings is 3. The normalized spacial score (nSPS) is 10.7. The van der Waals surface area contributed by atoms with Crippen LogP contribution in [0.1, 0.15) is 22.8 Å². The molecule has 0 saturated carbocycles. The smallest absolute Gasteiger partial charge is 0.344 e. The van der Waals surface area contributed by atoms with Crippen molar-refractivity contribution in [2.75, 3.05) is 11.9 Å². The van der Waals surface area contributed by atoms with Crippen LogP contribution in [-0.4, -0.2) is 18.5 Å². The highest BCUT2D eigenvalue weighted by Crippen LogP contribution is 2.21. The second kappa shape index (κ2) is 10.9. The van der Waals surface area contributed by atoms with Crippen LogP contribution in [0.5, 0.6) is 11.5 Å². The average Bonchev–Trinajstić information content (AvgIpc) is 2.79. The maximum absolute atomic E-state index is 12.5. The molecular formula is C25H19BrN2O4. The van der Waals surface area contributed by atoms with Crippen LogP contribution >= 0.6 is 15.9 Å². The van der Waals surface area contributed by atoms with Crippen molar-refractivity contribution in [2.24, 2.45) is 0 Å². The lowest BCUT2D eigenvalue weighted by molar-refractivity contribution is -0.112. The summed E-state index contributed by atoms with van der Waals surface area (Å²) >= 11 is 3.32. The molecule has 0 unspecified atom stereocenters. The molecule has 0 heterocycles. The Hall–Kier alpha value is -3.89. The molecule has 0 aliphatic rings. The van der Waals surface area contributed by atoms with Crippen molar-refractivity contribution in [3.63, 3.8) is 0 Å². The fraction of sp³-hybridized carbons (Fsp3) is 0.0800. The van der Waals surface area contributed by atoms with Crippen molar-refractivity contribution in [1.82, 2.24) is 0 Å². The monoisotopic (exact) mass is 490 g/mol. The van der Waals surface area contributed by atoms with Crippen LogP contribution < -0.4 is 14.8 Å². The molecule has 32 heavy (non-hydrogen) atoms. The van der Waals surface area contributed by atoms with Gasteiger partial charge in [-0.25, -0.2) is 4.79 Å². The van der Waals surface area contributed by atoms with Gasteiger partial charge in [-0.1, -0.05) is 30.3 Å². The number of nitrogens with one attached hydrogen (secondary N) is 1. The molecule has 160 valence electrons. The predicted molar refractivity (Wildman–Crippen MR) is 125 cm³/mol. The Morgan fingerprint density at radius 3 is 2.47 bits per heavy atom. The third-order valence-electron chi connectivity index (χ3n) is 4.26. The average molecular weight is 491 g/mol. The molecule has 1 N–H and O–H groups in total. The summed E-state index contributed by atoms with van der Waals surface area (Å²) in [6, 6.07) is 22.3. The topological polar surface area (TPSA) is 88.4 Å². The summed E-state index contributed by atoms with van der Waals surface area (Å²) in [7, 11) is 0. The minimum atomic E-state index is -0.536. The van der Waals surface area contributed by atoms with Gasteiger partial charge < -0.3 is 14.8 Å². The minimum Gasteiger partial charge on any atom is -0.494 e. The highest BCUT2D eigenvalue weighted by molar-refractivity contribution is 9.10. The third-order valence-corrected chi connectivity index (χ3v) is 4.95. The molecule has 0 fully saturated rings. The lowest BCUT2D eigenvalue weighted by Crippen LogP contribution is -2.13. The van der Waals surface area contributed by atoms with E-state index in [1.807, 2.05) is 13.0 Å². The van der Waals surface area contributed by atoms with Gasteiger partial charge in [0.2, 0.25) is 0 Å². The SMILES string of the molecule is CCOc1cccc(NC(=O)/C(C#N)=C/c2ccc(OC(=O)c3ccccc3Br)cc2)c1. The number of halogens is 1. The molecule has 0 aliphatic carbocycles. The second-order valence-corrected chi connectivity index (χ2v) is 7.38. The van der Waals surface area contributed by atoms with Crippen molar-refractivity contribution in [3.05, 3.63) is 94.0 Å². The van der Waals surface area contributed by atoms with Crippen molar-refractivity contribution in [3.8, 4) is 17.6 Å². The van der Waals surface area contributed by atoms with Crippen LogP contribution in [0.3, 0.4) is 0 Å². The van der Waals surface area contributed by atoms with E-state index in [1.165, 1.54) is 6.08 Å². The van der Waals surface area contributed by atoms with Gasteiger partial charge >= 0.3 is 5.97 Å². The van der Waals surface area contributed by atoms with E-state index in [0.717, 1.165) is 0 Å². The van der Waals surface area contributed by atoms with Gasteiger partial charge in [-0.15, -0.1) is 0 Å². The number of esters is 1. The maximum atomic E-state index is 12.5. The minimum absolute atomic E-state index is 0.0650. The number of nitrogens with zero attached hydrogens (tertiary/aromatic N) is 1. The predicted octanol–water partition coefficient (Wildman–Crippen LogP) is 5.61. The third kappa shape index (κ3) is 6.06. The zero-order valence-electron chi connectivity index (χ0n) is 17.2. The molecule has 3 rings (SSSR count). The molecule has 1 amide bonds. The van der Waals surface area contributed by atoms with Gasteiger partial charge in [0.1, 0.15) is 23.1 Å². The van der Waals surface area contributed by atoms with E-state index < -0.39 is 11.9 Å². The van der Waals surface area contributed by atoms with Crippen LogP contribution in [0, 0.1) is 11.3 Å². The van der Waals surface area contributed by atoms with Crippen LogP contribution in [0.15, 0.2) is 82.8 Å². The van der Waals surface area contributed by atoms with Crippen molar-refractivity contribution in [1.29, 1.82) is 5.26 Å². The Morgan fingerprint density at radius 2 is 1.78 bits per heavy atom. The van der Waals surface area contributed by atoms with E-state index in [1.54, 1.807) is 72.8 Å². The van der Waals surface area contributed by atoms with E-state index in [4.69, 9.17) is 9.47 Å². The van der Waals surface area contributed by atoms with Gasteiger partial charge in [-0.3, -0.25) is 4.79 Å². The number of hydrogen-bond acceptors (Lipinski definition) is 5. The molecule has 0 atom stereocenters. The fourth-order valence-electron chi connectivity index (χ4n) is 2.76. The molecule has 6 nitrogen and oxygen atoms in total. The number of ether oxygens (including phenoxy) is 2. The number of carbonyl (C=O) groups is 2. The molecule has 3 aromatic carbocycles. The van der Waals surface area contributed by atoms with E-state index in [9.17, 15) is 14.9 Å². The lowest BCUT2D eigenvalue weighted by atomic mass is 10.1. The standard InChI is InChI=1S/C25H19BrN2O4/c1-2-31-21-7-5-6-19(15-21)28-24(29)18(16-27)14-17-10-12-20(13-11-17)32-25(30)22-8-3-4-9-23(22)26/h3-15H,2H2,1H3,(H,28,29)/b18-14+. The van der Waals surface area contributed by atoms with Crippen molar-refractivity contribution >= 4 is 39.6 Å². The fourth-order valence-corrected chi connectivity index (χ4v) is 3.21. The highest BCUT2D eigenvalue weighted by Gasteiger charge is 2.13. The summed E-state index contributed by atoms with van der Waals surface area (Å²) in [5.41, 5.74) is 1.48. The van der Waals surface area contributed by atoms with Gasteiger partial charge in [0.05, 0.1) is 12.2 Å². The molecule has 3 aromatic rings. The van der Waals surface area contributed by atoms with Crippen LogP contribution in [0.25, 0.3) is 6.08 Å². The zero-order chi connectivity index (χ0) is 22.9. The summed E-state index contributed by atoms with van der Waals surface area (Å²) in [4.78, 5) is 24.8. The number of rotatable bonds is 7. The number of amides is 1. The van der Waals surface area contributed by atoms with Crippen LogP contribution in [0.2, 0.25) is 0 Å². The first kappa shape index (κ1) is 22.8. The molecule has 0 bridgehead atoms. The summed E-state index contributed by atoms with van der Waals surface area (Å²) in [5.74, 6) is -0.0585. The number of nitriles is 1. The molecule has 7 heteroatoms. The first-order valence-electron chi connectivity index (χ1n) is 9.73. The van der Waals surface area contributed by atoms with Gasteiger partial charge in [0, 0.05) is 16.2 Å². The van der Waals surface area contributed by atoms with E-state index in [-0.39, 0.29) is 5.57 Å². The Morgan fingerprint density at radius 1 is 1.03 bits per heavy atom. The first-order valence-corrected chi connectivity index (χ1v) is 10.5. The van der Waals surface area contributed by atoms with Crippen LogP contribution in [0.4, 0.5) is 5.69 Å². The molecule has 0 aliphatic heterocycles. The van der Waals surface area contributed by atoms with E-state index in [2.05, 4.69) is 21.2 Å². The van der Waals surface area contributed by atoms with Gasteiger partial charge in [-0.2, -0.15) is 5.26 Å². The van der Waals surface area contributed by atoms with Gasteiger partial charge in [-0.05, 0) is 70.9 Å². The molecule has 0 spiro atoms. The lowest BCUT2D eigenvalue weighted by Gasteiger charge is -2.08. The maximum Gasteiger partial charge on any atom is 0.344 e. The Bertz CT molecular complexity index is 1200. The first-order chi connectivity index (χ1) is 15.5. The summed E-state index contributed by atoms with van der Waals surface area (Å²) in [6.45, 7) is 2.38. The molecule has 0 aromatic heterocycles. The number of hydrogen-bond donors (Lipinski definition) is 1. The number of anilines is 1. The Labute approximate surface area is 194 Å². The zero-order valence-corrected chi connectivity index (χ0v) is 18.8. The molecule has 0 radical (unpaired) electrons. The number of carbonyl (C=O) groups excluding carboxylic acids is 2. The van der Waals surface area contributed by atoms with Gasteiger partial charge in [0.15, 0.2) is 0 Å². The van der Waals surface area contributed by atoms with E-state index in [0.29, 0.717) is 39.4 Å². The molecule has 0 saturated heterocycles. The Balaban J connectivity index is 1.69. The van der Waals surface area contributed by atoms with Crippen LogP contribution in [-0.2, 0) is 4.79 Å². The second-order valence-electron chi connectivity index (χ2n) is 6.52. The van der Waals surface area contributed by atoms with Crippen molar-refractivity contribution in [2.45, 2.75) is 6.92 Å². The largest absolute Gasteiger partial charge is 0.494 e. The van der Waals surface area contributed by atoms with Crippen molar-refractivity contribution < 1.29 is 19.1 Å². The highest BCUT2D eigenvalue weighted by atomic mass is 79.9. The van der Waals surface area contributed by atoms with E-state index >= 15 is 0 Å². The summed E-state index contributed by atoms with van der Waals surface area (Å²) in [5, 5.41) is 12.1. The van der Waals surface area contributed by atoms with Gasteiger partial charge in [0.25, 0.3) is 5.91 Å². The summed E-state index contributed by atoms with van der Waals surface area (Å²) in [6.07, 6.45) is 1.46.